The summed E-state index contributed by atoms with van der Waals surface area (Å²) in [6.45, 7) is 2.82. The van der Waals surface area contributed by atoms with Crippen LogP contribution in [-0.4, -0.2) is 18.4 Å². The first-order valence-corrected chi connectivity index (χ1v) is 9.35. The summed E-state index contributed by atoms with van der Waals surface area (Å²) < 4.78 is 4.93. The molecule has 0 bridgehead atoms. The molecule has 3 rings (SSSR count). The maximum absolute atomic E-state index is 10.7. The van der Waals surface area contributed by atoms with Crippen LogP contribution < -0.4 is 5.73 Å². The molecule has 1 fully saturated rings. The second-order valence-corrected chi connectivity index (χ2v) is 7.06. The van der Waals surface area contributed by atoms with E-state index in [1.54, 1.807) is 0 Å². The molecule has 0 heterocycles. The summed E-state index contributed by atoms with van der Waals surface area (Å²) in [6.07, 6.45) is 2.52. The first-order chi connectivity index (χ1) is 13.1. The number of nitrogens with zero attached hydrogens (tertiary/aromatic N) is 1. The minimum absolute atomic E-state index is 0.404. The average molecular weight is 366 g/mol. The molecule has 5 nitrogen and oxygen atoms in total. The zero-order chi connectivity index (χ0) is 19.1. The predicted molar refractivity (Wildman–Crippen MR) is 106 cm³/mol. The summed E-state index contributed by atoms with van der Waals surface area (Å²) in [4.78, 5) is 16.2. The number of nitrogens with two attached hydrogens (primary N) is 1. The highest BCUT2D eigenvalue weighted by molar-refractivity contribution is 5.98. The summed E-state index contributed by atoms with van der Waals surface area (Å²) in [6, 6.07) is 18.5. The SMILES string of the molecule is C/C(=N\OCc1ccc(C2CCC(COC(N)=O)C2)cc1)c1ccccc1. The van der Waals surface area contributed by atoms with Crippen LogP contribution in [0.1, 0.15) is 48.8 Å². The van der Waals surface area contributed by atoms with E-state index in [4.69, 9.17) is 15.3 Å². The molecule has 142 valence electrons. The van der Waals surface area contributed by atoms with Gasteiger partial charge < -0.3 is 15.3 Å². The highest BCUT2D eigenvalue weighted by Crippen LogP contribution is 2.38. The Kier molecular flexibility index (Phi) is 6.47. The van der Waals surface area contributed by atoms with E-state index < -0.39 is 6.09 Å². The van der Waals surface area contributed by atoms with Crippen LogP contribution in [-0.2, 0) is 16.2 Å². The number of carbonyl (C=O) groups excluding carboxylic acids is 1. The van der Waals surface area contributed by atoms with Gasteiger partial charge in [0.05, 0.1) is 12.3 Å². The van der Waals surface area contributed by atoms with Gasteiger partial charge in [-0.15, -0.1) is 0 Å². The molecule has 0 aliphatic heterocycles. The molecule has 1 aliphatic carbocycles. The summed E-state index contributed by atoms with van der Waals surface area (Å²) >= 11 is 0. The van der Waals surface area contributed by atoms with Crippen molar-refractivity contribution in [2.24, 2.45) is 16.8 Å². The van der Waals surface area contributed by atoms with E-state index in [-0.39, 0.29) is 0 Å². The van der Waals surface area contributed by atoms with Gasteiger partial charge in [0.15, 0.2) is 0 Å². The van der Waals surface area contributed by atoms with Crippen molar-refractivity contribution in [3.63, 3.8) is 0 Å². The Hall–Kier alpha value is -2.82. The number of primary amides is 1. The van der Waals surface area contributed by atoms with Crippen LogP contribution in [0.25, 0.3) is 0 Å². The van der Waals surface area contributed by atoms with Crippen LogP contribution in [0.4, 0.5) is 4.79 Å². The fourth-order valence-corrected chi connectivity index (χ4v) is 3.55. The second kappa shape index (κ2) is 9.21. The largest absolute Gasteiger partial charge is 0.449 e. The second-order valence-electron chi connectivity index (χ2n) is 7.06. The fourth-order valence-electron chi connectivity index (χ4n) is 3.55. The molecule has 0 spiro atoms. The van der Waals surface area contributed by atoms with Gasteiger partial charge in [-0.3, -0.25) is 0 Å². The smallest absolute Gasteiger partial charge is 0.404 e. The van der Waals surface area contributed by atoms with E-state index in [1.807, 2.05) is 37.3 Å². The Labute approximate surface area is 160 Å². The third kappa shape index (κ3) is 5.58. The maximum Gasteiger partial charge on any atom is 0.404 e. The lowest BCUT2D eigenvalue weighted by molar-refractivity contribution is 0.130. The van der Waals surface area contributed by atoms with E-state index in [2.05, 4.69) is 29.4 Å². The van der Waals surface area contributed by atoms with Crippen molar-refractivity contribution in [2.75, 3.05) is 6.61 Å². The van der Waals surface area contributed by atoms with E-state index in [1.165, 1.54) is 5.56 Å². The molecule has 1 amide bonds. The van der Waals surface area contributed by atoms with Gasteiger partial charge >= 0.3 is 6.09 Å². The van der Waals surface area contributed by atoms with Crippen LogP contribution >= 0.6 is 0 Å². The molecule has 2 atom stereocenters. The lowest BCUT2D eigenvalue weighted by atomic mass is 9.95. The van der Waals surface area contributed by atoms with Crippen molar-refractivity contribution in [1.29, 1.82) is 0 Å². The number of hydrogen-bond acceptors (Lipinski definition) is 4. The van der Waals surface area contributed by atoms with E-state index in [0.29, 0.717) is 25.0 Å². The predicted octanol–water partition coefficient (Wildman–Crippen LogP) is 4.61. The van der Waals surface area contributed by atoms with Gasteiger partial charge in [0.2, 0.25) is 0 Å². The molecule has 1 aliphatic rings. The van der Waals surface area contributed by atoms with Crippen LogP contribution in [0.3, 0.4) is 0 Å². The first kappa shape index (κ1) is 19.0. The molecule has 0 radical (unpaired) electrons. The molecule has 5 heteroatoms. The number of carbonyl (C=O) groups is 1. The molecule has 2 aromatic rings. The highest BCUT2D eigenvalue weighted by atomic mass is 16.6. The Balaban J connectivity index is 1.48. The van der Waals surface area contributed by atoms with Gasteiger partial charge in [-0.1, -0.05) is 59.8 Å². The van der Waals surface area contributed by atoms with Crippen molar-refractivity contribution in [2.45, 2.75) is 38.7 Å². The van der Waals surface area contributed by atoms with Gasteiger partial charge in [-0.25, -0.2) is 4.79 Å². The van der Waals surface area contributed by atoms with Crippen molar-refractivity contribution < 1.29 is 14.4 Å². The zero-order valence-electron chi connectivity index (χ0n) is 15.6. The van der Waals surface area contributed by atoms with Gasteiger partial charge in [0, 0.05) is 0 Å². The number of amides is 1. The number of ether oxygens (including phenoxy) is 1. The standard InChI is InChI=1S/C22H26N2O3/c1-16(19-5-3-2-4-6-19)24-27-15-17-7-10-20(11-8-17)21-12-9-18(13-21)14-26-22(23)25/h2-8,10-11,18,21H,9,12-15H2,1H3,(H2,23,25)/b24-16+. The molecule has 0 aromatic heterocycles. The Morgan fingerprint density at radius 3 is 2.56 bits per heavy atom. The first-order valence-electron chi connectivity index (χ1n) is 9.35. The monoisotopic (exact) mass is 366 g/mol. The third-order valence-corrected chi connectivity index (χ3v) is 5.08. The van der Waals surface area contributed by atoms with Crippen molar-refractivity contribution in [3.05, 3.63) is 71.3 Å². The number of benzene rings is 2. The lowest BCUT2D eigenvalue weighted by Crippen LogP contribution is -2.17. The van der Waals surface area contributed by atoms with Gasteiger partial charge in [-0.05, 0) is 54.7 Å². The maximum atomic E-state index is 10.7. The normalized spacial score (nSPS) is 19.7. The minimum atomic E-state index is -0.687. The van der Waals surface area contributed by atoms with E-state index >= 15 is 0 Å². The minimum Gasteiger partial charge on any atom is -0.449 e. The Morgan fingerprint density at radius 1 is 1.11 bits per heavy atom. The molecule has 27 heavy (non-hydrogen) atoms. The van der Waals surface area contributed by atoms with Crippen LogP contribution in [0.2, 0.25) is 0 Å². The molecule has 2 N–H and O–H groups in total. The van der Waals surface area contributed by atoms with Crippen molar-refractivity contribution in [3.8, 4) is 0 Å². The lowest BCUT2D eigenvalue weighted by Gasteiger charge is -2.12. The topological polar surface area (TPSA) is 73.9 Å². The molecular weight excluding hydrogens is 340 g/mol. The summed E-state index contributed by atoms with van der Waals surface area (Å²) in [5, 5.41) is 4.20. The van der Waals surface area contributed by atoms with Crippen LogP contribution in [0.5, 0.6) is 0 Å². The number of rotatable bonds is 7. The highest BCUT2D eigenvalue weighted by Gasteiger charge is 2.26. The third-order valence-electron chi connectivity index (χ3n) is 5.08. The molecular formula is C22H26N2O3. The molecule has 1 saturated carbocycles. The van der Waals surface area contributed by atoms with Crippen molar-refractivity contribution >= 4 is 11.8 Å². The molecule has 2 unspecified atom stereocenters. The van der Waals surface area contributed by atoms with Gasteiger partial charge in [0.1, 0.15) is 6.61 Å². The van der Waals surface area contributed by atoms with Crippen LogP contribution in [0, 0.1) is 5.92 Å². The van der Waals surface area contributed by atoms with Crippen LogP contribution in [0.15, 0.2) is 59.8 Å². The average Bonchev–Trinajstić information content (AvgIpc) is 3.16. The Bertz CT molecular complexity index is 772. The fraction of sp³-hybridized carbons (Fsp3) is 0.364. The van der Waals surface area contributed by atoms with Crippen molar-refractivity contribution in [1.82, 2.24) is 0 Å². The summed E-state index contributed by atoms with van der Waals surface area (Å²) in [5.41, 5.74) is 9.38. The number of hydrogen-bond donors (Lipinski definition) is 1. The van der Waals surface area contributed by atoms with Gasteiger partial charge in [-0.2, -0.15) is 0 Å². The van der Waals surface area contributed by atoms with Gasteiger partial charge in [0.25, 0.3) is 0 Å². The summed E-state index contributed by atoms with van der Waals surface area (Å²) in [5.74, 6) is 0.917. The number of oxime groups is 1. The summed E-state index contributed by atoms with van der Waals surface area (Å²) in [7, 11) is 0. The molecule has 0 saturated heterocycles. The zero-order valence-corrected chi connectivity index (χ0v) is 15.6. The quantitative estimate of drug-likeness (QED) is 0.574. The van der Waals surface area contributed by atoms with E-state index in [0.717, 1.165) is 36.1 Å². The molecule has 2 aromatic carbocycles. The Morgan fingerprint density at radius 2 is 1.85 bits per heavy atom. The van der Waals surface area contributed by atoms with E-state index in [9.17, 15) is 4.79 Å².